The van der Waals surface area contributed by atoms with Crippen LogP contribution in [0.15, 0.2) is 0 Å². The Kier molecular flexibility index (Phi) is 3.56. The molecule has 0 spiro atoms. The zero-order valence-corrected chi connectivity index (χ0v) is 12.1. The highest BCUT2D eigenvalue weighted by Gasteiger charge is 2.27. The Morgan fingerprint density at radius 2 is 1.88 bits per heavy atom. The van der Waals surface area contributed by atoms with Crippen LogP contribution in [-0.4, -0.2) is 37.1 Å². The van der Waals surface area contributed by atoms with Gasteiger partial charge in [0.1, 0.15) is 0 Å². The summed E-state index contributed by atoms with van der Waals surface area (Å²) >= 11 is 1.75. The fraction of sp³-hybridized carbons (Fsp3) is 0.727. The Hall–Kier alpha value is -0.460. The van der Waals surface area contributed by atoms with Crippen LogP contribution in [0.4, 0.5) is 0 Å². The molecule has 1 aliphatic rings. The highest BCUT2D eigenvalue weighted by molar-refractivity contribution is 7.88. The maximum Gasteiger partial charge on any atom is 0.211 e. The first kappa shape index (κ1) is 13.0. The number of thiazole rings is 1. The van der Waals surface area contributed by atoms with Crippen molar-refractivity contribution in [3.05, 3.63) is 15.6 Å². The second kappa shape index (κ2) is 4.66. The molecule has 0 unspecified atom stereocenters. The molecule has 6 heteroatoms. The predicted octanol–water partition coefficient (Wildman–Crippen LogP) is 1.90. The summed E-state index contributed by atoms with van der Waals surface area (Å²) in [5, 5.41) is 1.17. The van der Waals surface area contributed by atoms with Gasteiger partial charge in [-0.2, -0.15) is 0 Å². The molecule has 0 bridgehead atoms. The van der Waals surface area contributed by atoms with E-state index in [-0.39, 0.29) is 0 Å². The van der Waals surface area contributed by atoms with Gasteiger partial charge in [-0.1, -0.05) is 0 Å². The van der Waals surface area contributed by atoms with Crippen molar-refractivity contribution in [2.75, 3.05) is 19.3 Å². The first-order valence-electron chi connectivity index (χ1n) is 5.77. The summed E-state index contributed by atoms with van der Waals surface area (Å²) in [6.07, 6.45) is 3.06. The molecule has 96 valence electrons. The van der Waals surface area contributed by atoms with Crippen molar-refractivity contribution in [3.8, 4) is 0 Å². The molecule has 0 radical (unpaired) electrons. The second-order valence-corrected chi connectivity index (χ2v) is 7.85. The number of aryl methyl sites for hydroxylation is 2. The van der Waals surface area contributed by atoms with E-state index in [4.69, 9.17) is 0 Å². The second-order valence-electron chi connectivity index (χ2n) is 4.63. The molecule has 1 aromatic rings. The first-order chi connectivity index (χ1) is 7.88. The molecule has 17 heavy (non-hydrogen) atoms. The molecule has 0 N–H and O–H groups in total. The maximum absolute atomic E-state index is 11.4. The molecule has 1 aromatic heterocycles. The quantitative estimate of drug-likeness (QED) is 0.827. The van der Waals surface area contributed by atoms with Crippen molar-refractivity contribution in [2.45, 2.75) is 32.6 Å². The Morgan fingerprint density at radius 3 is 2.29 bits per heavy atom. The molecule has 0 aromatic carbocycles. The van der Waals surface area contributed by atoms with Gasteiger partial charge in [0.25, 0.3) is 0 Å². The van der Waals surface area contributed by atoms with Crippen LogP contribution in [0.1, 0.15) is 34.3 Å². The van der Waals surface area contributed by atoms with E-state index in [9.17, 15) is 8.42 Å². The van der Waals surface area contributed by atoms with E-state index >= 15 is 0 Å². The molecule has 2 rings (SSSR count). The van der Waals surface area contributed by atoms with E-state index < -0.39 is 10.0 Å². The minimum Gasteiger partial charge on any atom is -0.246 e. The third kappa shape index (κ3) is 2.86. The lowest BCUT2D eigenvalue weighted by molar-refractivity contribution is 0.321. The summed E-state index contributed by atoms with van der Waals surface area (Å²) in [4.78, 5) is 5.84. The standard InChI is InChI=1S/C11H18N2O2S2/c1-8-9(2)16-11(12-8)10-4-6-13(7-5-10)17(3,14)15/h10H,4-7H2,1-3H3. The number of sulfonamides is 1. The van der Waals surface area contributed by atoms with Gasteiger partial charge in [0.15, 0.2) is 0 Å². The number of piperidine rings is 1. The highest BCUT2D eigenvalue weighted by Crippen LogP contribution is 2.32. The topological polar surface area (TPSA) is 50.3 Å². The summed E-state index contributed by atoms with van der Waals surface area (Å²) in [6, 6.07) is 0. The molecule has 0 atom stereocenters. The predicted molar refractivity (Wildman–Crippen MR) is 70.0 cm³/mol. The lowest BCUT2D eigenvalue weighted by Gasteiger charge is -2.29. The van der Waals surface area contributed by atoms with E-state index in [1.165, 1.54) is 16.1 Å². The van der Waals surface area contributed by atoms with Crippen molar-refractivity contribution in [3.63, 3.8) is 0 Å². The minimum atomic E-state index is -3.02. The van der Waals surface area contributed by atoms with E-state index in [0.29, 0.717) is 19.0 Å². The fourth-order valence-corrected chi connectivity index (χ4v) is 4.07. The van der Waals surface area contributed by atoms with Crippen molar-refractivity contribution in [2.24, 2.45) is 0 Å². The van der Waals surface area contributed by atoms with Crippen molar-refractivity contribution in [1.29, 1.82) is 0 Å². The number of hydrogen-bond donors (Lipinski definition) is 0. The molecule has 0 aliphatic carbocycles. The van der Waals surface area contributed by atoms with Gasteiger partial charge < -0.3 is 0 Å². The average Bonchev–Trinajstić information content (AvgIpc) is 2.58. The van der Waals surface area contributed by atoms with Gasteiger partial charge in [-0.15, -0.1) is 11.3 Å². The molecular weight excluding hydrogens is 256 g/mol. The van der Waals surface area contributed by atoms with Crippen LogP contribution in [0.5, 0.6) is 0 Å². The number of rotatable bonds is 2. The number of hydrogen-bond acceptors (Lipinski definition) is 4. The molecule has 0 amide bonds. The Morgan fingerprint density at radius 1 is 1.29 bits per heavy atom. The van der Waals surface area contributed by atoms with Gasteiger partial charge in [-0.05, 0) is 26.7 Å². The zero-order valence-electron chi connectivity index (χ0n) is 10.4. The summed E-state index contributed by atoms with van der Waals surface area (Å²) in [7, 11) is -3.02. The summed E-state index contributed by atoms with van der Waals surface area (Å²) in [6.45, 7) is 5.37. The van der Waals surface area contributed by atoms with Gasteiger partial charge in [-0.3, -0.25) is 0 Å². The van der Waals surface area contributed by atoms with Crippen molar-refractivity contribution in [1.82, 2.24) is 9.29 Å². The molecule has 4 nitrogen and oxygen atoms in total. The minimum absolute atomic E-state index is 0.436. The molecular formula is C11H18N2O2S2. The maximum atomic E-state index is 11.4. The molecule has 1 fully saturated rings. The number of aromatic nitrogens is 1. The van der Waals surface area contributed by atoms with Gasteiger partial charge in [0.2, 0.25) is 10.0 Å². The third-order valence-electron chi connectivity index (χ3n) is 3.32. The SMILES string of the molecule is Cc1nc(C2CCN(S(C)(=O)=O)CC2)sc1C. The van der Waals surface area contributed by atoms with Crippen LogP contribution in [0.2, 0.25) is 0 Å². The Balaban J connectivity index is 2.04. The average molecular weight is 274 g/mol. The van der Waals surface area contributed by atoms with Crippen LogP contribution < -0.4 is 0 Å². The van der Waals surface area contributed by atoms with Crippen LogP contribution >= 0.6 is 11.3 Å². The molecule has 1 aliphatic heterocycles. The van der Waals surface area contributed by atoms with Crippen molar-refractivity contribution < 1.29 is 8.42 Å². The monoisotopic (exact) mass is 274 g/mol. The Labute approximate surface area is 107 Å². The van der Waals surface area contributed by atoms with E-state index in [1.54, 1.807) is 15.6 Å². The lowest BCUT2D eigenvalue weighted by atomic mass is 9.99. The summed E-state index contributed by atoms with van der Waals surface area (Å²) < 4.78 is 24.4. The lowest BCUT2D eigenvalue weighted by Crippen LogP contribution is -2.37. The zero-order chi connectivity index (χ0) is 12.6. The van der Waals surface area contributed by atoms with Crippen LogP contribution in [0, 0.1) is 13.8 Å². The third-order valence-corrected chi connectivity index (χ3v) is 5.86. The molecule has 0 saturated carbocycles. The van der Waals surface area contributed by atoms with Gasteiger partial charge in [0, 0.05) is 23.9 Å². The summed E-state index contributed by atoms with van der Waals surface area (Å²) in [5.74, 6) is 0.436. The van der Waals surface area contributed by atoms with Gasteiger partial charge >= 0.3 is 0 Å². The van der Waals surface area contributed by atoms with Crippen LogP contribution in [0.3, 0.4) is 0 Å². The largest absolute Gasteiger partial charge is 0.246 e. The highest BCUT2D eigenvalue weighted by atomic mass is 32.2. The molecule has 2 heterocycles. The summed E-state index contributed by atoms with van der Waals surface area (Å²) in [5.41, 5.74) is 1.11. The first-order valence-corrected chi connectivity index (χ1v) is 8.43. The van der Waals surface area contributed by atoms with E-state index in [1.807, 2.05) is 6.92 Å². The Bertz CT molecular complexity index is 480. The number of nitrogens with zero attached hydrogens (tertiary/aromatic N) is 2. The smallest absolute Gasteiger partial charge is 0.211 e. The van der Waals surface area contributed by atoms with E-state index in [2.05, 4.69) is 11.9 Å². The normalized spacial score (nSPS) is 19.7. The fourth-order valence-electron chi connectivity index (χ4n) is 2.11. The van der Waals surface area contributed by atoms with Crippen molar-refractivity contribution >= 4 is 21.4 Å². The van der Waals surface area contributed by atoms with Crippen LogP contribution in [-0.2, 0) is 10.0 Å². The van der Waals surface area contributed by atoms with Gasteiger partial charge in [-0.25, -0.2) is 17.7 Å². The van der Waals surface area contributed by atoms with E-state index in [0.717, 1.165) is 18.5 Å². The van der Waals surface area contributed by atoms with Crippen LogP contribution in [0.25, 0.3) is 0 Å². The molecule has 1 saturated heterocycles. The van der Waals surface area contributed by atoms with Gasteiger partial charge in [0.05, 0.1) is 17.0 Å².